The summed E-state index contributed by atoms with van der Waals surface area (Å²) in [6, 6.07) is 1.31. The van der Waals surface area contributed by atoms with Gasteiger partial charge in [0, 0.05) is 12.4 Å². The Morgan fingerprint density at radius 3 is 2.53 bits per heavy atom. The normalized spacial score (nSPS) is 10.5. The molecule has 0 saturated carbocycles. The number of hydrogen-bond acceptors (Lipinski definition) is 5. The van der Waals surface area contributed by atoms with E-state index in [0.717, 1.165) is 0 Å². The summed E-state index contributed by atoms with van der Waals surface area (Å²) in [5, 5.41) is 20.2. The van der Waals surface area contributed by atoms with E-state index in [1.165, 1.54) is 18.5 Å². The first-order valence-corrected chi connectivity index (χ1v) is 4.19. The van der Waals surface area contributed by atoms with E-state index >= 15 is 0 Å². The largest absolute Gasteiger partial charge is 0.502 e. The first kappa shape index (κ1) is 9.32. The van der Waals surface area contributed by atoms with Gasteiger partial charge >= 0.3 is 5.69 Å². The van der Waals surface area contributed by atoms with Gasteiger partial charge in [-0.2, -0.15) is 0 Å². The Kier molecular flexibility index (Phi) is 1.96. The number of fused-ring (bicyclic) bond motifs is 1. The number of aromatic nitrogens is 2. The van der Waals surface area contributed by atoms with Crippen molar-refractivity contribution >= 4 is 16.7 Å². The number of phenolic OH excluding ortho intramolecular Hbond substituents is 1. The van der Waals surface area contributed by atoms with Crippen molar-refractivity contribution in [2.45, 2.75) is 6.92 Å². The number of benzene rings is 1. The second-order valence-corrected chi connectivity index (χ2v) is 3.07. The maximum atomic E-state index is 10.7. The number of nitro groups is 1. The van der Waals surface area contributed by atoms with Crippen LogP contribution in [0, 0.1) is 17.0 Å². The lowest BCUT2D eigenvalue weighted by atomic mass is 10.1. The predicted molar refractivity (Wildman–Crippen MR) is 52.6 cm³/mol. The number of nitrogens with zero attached hydrogens (tertiary/aromatic N) is 3. The van der Waals surface area contributed by atoms with Crippen molar-refractivity contribution in [1.29, 1.82) is 0 Å². The topological polar surface area (TPSA) is 89.2 Å². The summed E-state index contributed by atoms with van der Waals surface area (Å²) in [5.74, 6) is -0.384. The van der Waals surface area contributed by atoms with Crippen molar-refractivity contribution in [3.63, 3.8) is 0 Å². The van der Waals surface area contributed by atoms with E-state index in [0.29, 0.717) is 11.1 Å². The Hall–Kier alpha value is -2.24. The van der Waals surface area contributed by atoms with Crippen LogP contribution in [0.15, 0.2) is 18.5 Å². The lowest BCUT2D eigenvalue weighted by Gasteiger charge is -2.02. The van der Waals surface area contributed by atoms with Gasteiger partial charge in [0.1, 0.15) is 0 Å². The Balaban J connectivity index is 2.96. The molecule has 0 spiro atoms. The number of aryl methyl sites for hydroxylation is 1. The molecule has 6 nitrogen and oxygen atoms in total. The van der Waals surface area contributed by atoms with E-state index in [2.05, 4.69) is 9.97 Å². The van der Waals surface area contributed by atoms with Gasteiger partial charge < -0.3 is 5.11 Å². The van der Waals surface area contributed by atoms with Crippen molar-refractivity contribution in [2.75, 3.05) is 0 Å². The highest BCUT2D eigenvalue weighted by molar-refractivity contribution is 5.89. The van der Waals surface area contributed by atoms with Gasteiger partial charge in [0.2, 0.25) is 0 Å². The van der Waals surface area contributed by atoms with Crippen LogP contribution in [0.4, 0.5) is 5.69 Å². The van der Waals surface area contributed by atoms with Gasteiger partial charge in [0.15, 0.2) is 11.3 Å². The first-order valence-electron chi connectivity index (χ1n) is 4.19. The van der Waals surface area contributed by atoms with Crippen LogP contribution in [0.2, 0.25) is 0 Å². The zero-order chi connectivity index (χ0) is 11.0. The highest BCUT2D eigenvalue weighted by Gasteiger charge is 2.21. The van der Waals surface area contributed by atoms with Crippen molar-refractivity contribution in [3.8, 4) is 5.75 Å². The second-order valence-electron chi connectivity index (χ2n) is 3.07. The highest BCUT2D eigenvalue weighted by atomic mass is 16.6. The first-order chi connectivity index (χ1) is 7.11. The lowest BCUT2D eigenvalue weighted by molar-refractivity contribution is -0.384. The van der Waals surface area contributed by atoms with E-state index in [1.54, 1.807) is 6.92 Å². The summed E-state index contributed by atoms with van der Waals surface area (Å²) < 4.78 is 0. The molecule has 1 N–H and O–H groups in total. The Morgan fingerprint density at radius 1 is 1.33 bits per heavy atom. The fourth-order valence-corrected chi connectivity index (χ4v) is 1.44. The summed E-state index contributed by atoms with van der Waals surface area (Å²) in [6.45, 7) is 1.71. The Bertz CT molecular complexity index is 554. The molecule has 1 heterocycles. The summed E-state index contributed by atoms with van der Waals surface area (Å²) >= 11 is 0. The SMILES string of the molecule is Cc1cc(O)c([N+](=O)[O-])c2nccnc12. The fourth-order valence-electron chi connectivity index (χ4n) is 1.44. The molecule has 2 aromatic rings. The van der Waals surface area contributed by atoms with Gasteiger partial charge in [-0.25, -0.2) is 4.98 Å². The molecule has 1 aromatic carbocycles. The minimum Gasteiger partial charge on any atom is -0.502 e. The van der Waals surface area contributed by atoms with E-state index < -0.39 is 10.6 Å². The van der Waals surface area contributed by atoms with Gasteiger partial charge in [0.05, 0.1) is 10.4 Å². The molecule has 0 aliphatic carbocycles. The minimum absolute atomic E-state index is 0.111. The zero-order valence-electron chi connectivity index (χ0n) is 7.84. The maximum Gasteiger partial charge on any atom is 0.338 e. The van der Waals surface area contributed by atoms with Crippen LogP contribution in [0.5, 0.6) is 5.75 Å². The van der Waals surface area contributed by atoms with Crippen LogP contribution in [0.3, 0.4) is 0 Å². The quantitative estimate of drug-likeness (QED) is 0.563. The molecule has 0 saturated heterocycles. The molecule has 2 rings (SSSR count). The molecule has 15 heavy (non-hydrogen) atoms. The van der Waals surface area contributed by atoms with Crippen LogP contribution in [-0.4, -0.2) is 20.0 Å². The lowest BCUT2D eigenvalue weighted by Crippen LogP contribution is -1.95. The van der Waals surface area contributed by atoms with E-state index in [4.69, 9.17) is 0 Å². The smallest absolute Gasteiger partial charge is 0.338 e. The van der Waals surface area contributed by atoms with E-state index in [-0.39, 0.29) is 11.3 Å². The van der Waals surface area contributed by atoms with Crippen LogP contribution in [0.1, 0.15) is 5.56 Å². The number of nitro benzene ring substituents is 1. The summed E-state index contributed by atoms with van der Waals surface area (Å²) in [5.41, 5.74) is 0.798. The molecular weight excluding hydrogens is 198 g/mol. The van der Waals surface area contributed by atoms with Gasteiger partial charge in [-0.3, -0.25) is 15.1 Å². The third-order valence-electron chi connectivity index (χ3n) is 2.07. The molecule has 0 atom stereocenters. The molecule has 1 aromatic heterocycles. The summed E-state index contributed by atoms with van der Waals surface area (Å²) in [4.78, 5) is 17.9. The number of aromatic hydroxyl groups is 1. The molecule has 0 aliphatic heterocycles. The molecule has 0 aliphatic rings. The number of hydrogen-bond donors (Lipinski definition) is 1. The number of phenols is 1. The average Bonchev–Trinajstić information content (AvgIpc) is 2.17. The second kappa shape index (κ2) is 3.16. The molecule has 0 unspecified atom stereocenters. The maximum absolute atomic E-state index is 10.7. The number of rotatable bonds is 1. The summed E-state index contributed by atoms with van der Waals surface area (Å²) in [7, 11) is 0. The fraction of sp³-hybridized carbons (Fsp3) is 0.111. The predicted octanol–water partition coefficient (Wildman–Crippen LogP) is 1.55. The van der Waals surface area contributed by atoms with Crippen LogP contribution >= 0.6 is 0 Å². The average molecular weight is 205 g/mol. The third-order valence-corrected chi connectivity index (χ3v) is 2.07. The molecule has 6 heteroatoms. The zero-order valence-corrected chi connectivity index (χ0v) is 7.84. The van der Waals surface area contributed by atoms with Crippen LogP contribution in [0.25, 0.3) is 11.0 Å². The van der Waals surface area contributed by atoms with Crippen molar-refractivity contribution in [1.82, 2.24) is 9.97 Å². The molecule has 76 valence electrons. The minimum atomic E-state index is -0.661. The summed E-state index contributed by atoms with van der Waals surface area (Å²) in [6.07, 6.45) is 2.81. The monoisotopic (exact) mass is 205 g/mol. The Morgan fingerprint density at radius 2 is 1.93 bits per heavy atom. The van der Waals surface area contributed by atoms with Gasteiger partial charge in [0.25, 0.3) is 0 Å². The Labute approximate surface area is 84.4 Å². The van der Waals surface area contributed by atoms with Crippen molar-refractivity contribution < 1.29 is 10.0 Å². The van der Waals surface area contributed by atoms with Gasteiger partial charge in [-0.1, -0.05) is 0 Å². The van der Waals surface area contributed by atoms with Crippen LogP contribution < -0.4 is 0 Å². The molecule has 0 radical (unpaired) electrons. The van der Waals surface area contributed by atoms with Gasteiger partial charge in [-0.05, 0) is 18.6 Å². The molecule has 0 bridgehead atoms. The van der Waals surface area contributed by atoms with E-state index in [9.17, 15) is 15.2 Å². The standard InChI is InChI=1S/C9H7N3O3/c1-5-4-6(13)9(12(14)15)8-7(5)10-2-3-11-8/h2-4,13H,1H3. The van der Waals surface area contributed by atoms with E-state index in [1.807, 2.05) is 0 Å². The third kappa shape index (κ3) is 1.35. The van der Waals surface area contributed by atoms with Crippen molar-refractivity contribution in [3.05, 3.63) is 34.1 Å². The highest BCUT2D eigenvalue weighted by Crippen LogP contribution is 2.33. The van der Waals surface area contributed by atoms with Crippen LogP contribution in [-0.2, 0) is 0 Å². The van der Waals surface area contributed by atoms with Crippen molar-refractivity contribution in [2.24, 2.45) is 0 Å². The van der Waals surface area contributed by atoms with Gasteiger partial charge in [-0.15, -0.1) is 0 Å². The molecule has 0 amide bonds. The molecular formula is C9H7N3O3. The molecule has 0 fully saturated rings.